The van der Waals surface area contributed by atoms with Gasteiger partial charge in [0, 0.05) is 18.0 Å². The monoisotopic (exact) mass is 471 g/mol. The topological polar surface area (TPSA) is 107 Å². The number of ether oxygens (including phenoxy) is 2. The molecule has 0 spiro atoms. The van der Waals surface area contributed by atoms with Gasteiger partial charge in [0.05, 0.1) is 18.2 Å². The van der Waals surface area contributed by atoms with Gasteiger partial charge in [-0.05, 0) is 38.0 Å². The fourth-order valence-electron chi connectivity index (χ4n) is 3.41. The number of rotatable bonds is 11. The van der Waals surface area contributed by atoms with Gasteiger partial charge in [-0.15, -0.1) is 16.8 Å². The van der Waals surface area contributed by atoms with Crippen LogP contribution in [0.5, 0.6) is 5.75 Å². The third kappa shape index (κ3) is 6.16. The number of thioether (sulfide) groups is 1. The average molecular weight is 472 g/mol. The van der Waals surface area contributed by atoms with Crippen molar-refractivity contribution in [2.75, 3.05) is 12.4 Å². The fraction of sp³-hybridized carbons (Fsp3) is 0.391. The highest BCUT2D eigenvalue weighted by molar-refractivity contribution is 7.99. The second-order valence-corrected chi connectivity index (χ2v) is 8.31. The van der Waals surface area contributed by atoms with Crippen molar-refractivity contribution in [2.45, 2.75) is 51.5 Å². The second kappa shape index (κ2) is 11.6. The van der Waals surface area contributed by atoms with Gasteiger partial charge in [-0.2, -0.15) is 0 Å². The molecule has 0 aliphatic carbocycles. The van der Waals surface area contributed by atoms with E-state index in [4.69, 9.17) is 9.47 Å². The number of aromatic nitrogens is 3. The summed E-state index contributed by atoms with van der Waals surface area (Å²) < 4.78 is 13.0. The van der Waals surface area contributed by atoms with Crippen LogP contribution in [0.15, 0.2) is 53.3 Å². The summed E-state index contributed by atoms with van der Waals surface area (Å²) in [5.41, 5.74) is 2.06. The molecule has 2 heterocycles. The number of nitrogens with one attached hydrogen (secondary N) is 2. The maximum atomic E-state index is 12.6. The van der Waals surface area contributed by atoms with E-state index in [1.54, 1.807) is 13.0 Å². The van der Waals surface area contributed by atoms with Crippen molar-refractivity contribution in [1.29, 1.82) is 0 Å². The normalized spacial score (nSPS) is 15.6. The first-order valence-electron chi connectivity index (χ1n) is 10.8. The summed E-state index contributed by atoms with van der Waals surface area (Å²) in [4.78, 5) is 24.7. The van der Waals surface area contributed by atoms with Crippen molar-refractivity contribution in [3.05, 3.63) is 59.6 Å². The summed E-state index contributed by atoms with van der Waals surface area (Å²) in [5.74, 6) is 1.29. The smallest absolute Gasteiger partial charge is 0.337 e. The van der Waals surface area contributed by atoms with E-state index < -0.39 is 12.0 Å². The number of hydrogen-bond acceptors (Lipinski definition) is 7. The van der Waals surface area contributed by atoms with Crippen LogP contribution in [-0.4, -0.2) is 45.2 Å². The molecule has 1 aliphatic heterocycles. The lowest BCUT2D eigenvalue weighted by Crippen LogP contribution is -2.50. The summed E-state index contributed by atoms with van der Waals surface area (Å²) in [6.45, 7) is 10.5. The number of allylic oxidation sites excluding steroid dienone is 1. The molecule has 176 valence electrons. The molecule has 2 amide bonds. The van der Waals surface area contributed by atoms with Crippen LogP contribution in [0.4, 0.5) is 4.79 Å². The van der Waals surface area contributed by atoms with E-state index in [9.17, 15) is 9.59 Å². The van der Waals surface area contributed by atoms with Crippen molar-refractivity contribution in [2.24, 2.45) is 0 Å². The van der Waals surface area contributed by atoms with Gasteiger partial charge in [-0.1, -0.05) is 36.9 Å². The minimum Gasteiger partial charge on any atom is -0.486 e. The van der Waals surface area contributed by atoms with E-state index in [0.717, 1.165) is 11.3 Å². The molecule has 1 aromatic carbocycles. The molecule has 9 nitrogen and oxygen atoms in total. The van der Waals surface area contributed by atoms with Crippen LogP contribution in [0.25, 0.3) is 0 Å². The van der Waals surface area contributed by atoms with E-state index in [0.29, 0.717) is 41.0 Å². The van der Waals surface area contributed by atoms with Crippen LogP contribution >= 0.6 is 11.8 Å². The second-order valence-electron chi connectivity index (χ2n) is 7.36. The van der Waals surface area contributed by atoms with E-state index in [1.807, 2.05) is 42.7 Å². The summed E-state index contributed by atoms with van der Waals surface area (Å²) in [6, 6.07) is 7.04. The fourth-order valence-corrected chi connectivity index (χ4v) is 4.35. The molecule has 2 aromatic rings. The van der Waals surface area contributed by atoms with Gasteiger partial charge in [-0.3, -0.25) is 4.57 Å². The van der Waals surface area contributed by atoms with Crippen molar-refractivity contribution in [1.82, 2.24) is 25.4 Å². The highest BCUT2D eigenvalue weighted by Crippen LogP contribution is 2.25. The van der Waals surface area contributed by atoms with E-state index >= 15 is 0 Å². The van der Waals surface area contributed by atoms with Crippen LogP contribution in [0.1, 0.15) is 31.7 Å². The first-order valence-corrected chi connectivity index (χ1v) is 11.8. The number of benzene rings is 1. The number of urea groups is 1. The van der Waals surface area contributed by atoms with E-state index in [1.165, 1.54) is 11.8 Å². The first kappa shape index (κ1) is 24.4. The van der Waals surface area contributed by atoms with Crippen molar-refractivity contribution >= 4 is 23.8 Å². The van der Waals surface area contributed by atoms with E-state index in [-0.39, 0.29) is 19.2 Å². The Balaban J connectivity index is 1.79. The number of amides is 2. The van der Waals surface area contributed by atoms with E-state index in [2.05, 4.69) is 27.4 Å². The van der Waals surface area contributed by atoms with Gasteiger partial charge >= 0.3 is 12.0 Å². The Labute approximate surface area is 197 Å². The molecule has 0 radical (unpaired) electrons. The predicted octanol–water partition coefficient (Wildman–Crippen LogP) is 3.35. The van der Waals surface area contributed by atoms with Gasteiger partial charge in [0.1, 0.15) is 12.4 Å². The quantitative estimate of drug-likeness (QED) is 0.294. The molecule has 0 fully saturated rings. The zero-order valence-corrected chi connectivity index (χ0v) is 19.9. The van der Waals surface area contributed by atoms with Gasteiger partial charge < -0.3 is 20.1 Å². The van der Waals surface area contributed by atoms with Gasteiger partial charge in [0.15, 0.2) is 11.0 Å². The van der Waals surface area contributed by atoms with Crippen molar-refractivity contribution < 1.29 is 19.1 Å². The van der Waals surface area contributed by atoms with Gasteiger partial charge in [-0.25, -0.2) is 9.59 Å². The lowest BCUT2D eigenvalue weighted by atomic mass is 10.0. The first-order chi connectivity index (χ1) is 16.0. The molecule has 0 saturated heterocycles. The number of hydrogen-bond donors (Lipinski definition) is 2. The Morgan fingerprint density at radius 3 is 2.85 bits per heavy atom. The highest BCUT2D eigenvalue weighted by atomic mass is 32.2. The predicted molar refractivity (Wildman–Crippen MR) is 126 cm³/mol. The molecule has 10 heteroatoms. The minimum absolute atomic E-state index is 0.250. The Hall–Kier alpha value is -3.27. The molecular formula is C23H29N5O4S. The standard InChI is InChI=1S/C23H29N5O4S/c1-5-11-28-19(13-32-16-10-8-9-15(4)12-16)26-27-23(28)33-14-18-20(21(29)31-7-3)17(6-2)24-22(30)25-18/h5,8-10,12,17H,1,6-7,11,13-14H2,2-4H3,(H2,24,25,30). The molecule has 0 bridgehead atoms. The molecule has 1 atom stereocenters. The number of esters is 1. The lowest BCUT2D eigenvalue weighted by molar-refractivity contribution is -0.139. The van der Waals surface area contributed by atoms with Crippen LogP contribution in [-0.2, 0) is 22.7 Å². The number of aryl methyl sites for hydroxylation is 1. The van der Waals surface area contributed by atoms with Crippen LogP contribution in [0, 0.1) is 6.92 Å². The zero-order chi connectivity index (χ0) is 23.8. The number of carbonyl (C=O) groups is 2. The number of carbonyl (C=O) groups excluding carboxylic acids is 2. The van der Waals surface area contributed by atoms with Crippen molar-refractivity contribution in [3.8, 4) is 5.75 Å². The Morgan fingerprint density at radius 2 is 2.15 bits per heavy atom. The SMILES string of the molecule is C=CCn1c(COc2cccc(C)c2)nnc1SCC1=C(C(=O)OCC)C(CC)NC(=O)N1. The molecular weight excluding hydrogens is 442 g/mol. The third-order valence-electron chi connectivity index (χ3n) is 4.96. The van der Waals surface area contributed by atoms with Gasteiger partial charge in [0.2, 0.25) is 0 Å². The molecule has 3 rings (SSSR count). The maximum absolute atomic E-state index is 12.6. The molecule has 33 heavy (non-hydrogen) atoms. The van der Waals surface area contributed by atoms with Gasteiger partial charge in [0.25, 0.3) is 0 Å². The summed E-state index contributed by atoms with van der Waals surface area (Å²) in [6.07, 6.45) is 2.33. The van der Waals surface area contributed by atoms with Crippen molar-refractivity contribution in [3.63, 3.8) is 0 Å². The molecule has 1 aliphatic rings. The zero-order valence-electron chi connectivity index (χ0n) is 19.1. The average Bonchev–Trinajstić information content (AvgIpc) is 3.17. The van der Waals surface area contributed by atoms with Crippen LogP contribution < -0.4 is 15.4 Å². The molecule has 1 aromatic heterocycles. The van der Waals surface area contributed by atoms with Crippen LogP contribution in [0.3, 0.4) is 0 Å². The Bertz CT molecular complexity index is 1050. The lowest BCUT2D eigenvalue weighted by Gasteiger charge is -2.28. The van der Waals surface area contributed by atoms with Crippen LogP contribution in [0.2, 0.25) is 0 Å². The highest BCUT2D eigenvalue weighted by Gasteiger charge is 2.31. The summed E-state index contributed by atoms with van der Waals surface area (Å²) in [7, 11) is 0. The Morgan fingerprint density at radius 1 is 1.33 bits per heavy atom. The molecule has 0 saturated carbocycles. The summed E-state index contributed by atoms with van der Waals surface area (Å²) in [5, 5.41) is 14.7. The Kier molecular flexibility index (Phi) is 8.53. The largest absolute Gasteiger partial charge is 0.486 e. The maximum Gasteiger partial charge on any atom is 0.337 e. The minimum atomic E-state index is -0.438. The molecule has 2 N–H and O–H groups in total. The number of nitrogens with zero attached hydrogens (tertiary/aromatic N) is 3. The summed E-state index contributed by atoms with van der Waals surface area (Å²) >= 11 is 1.37. The third-order valence-corrected chi connectivity index (χ3v) is 5.95. The molecule has 1 unspecified atom stereocenters.